The van der Waals surface area contributed by atoms with Gasteiger partial charge in [-0.15, -0.1) is 0 Å². The van der Waals surface area contributed by atoms with Crippen molar-refractivity contribution in [2.45, 2.75) is 29.9 Å². The average Bonchev–Trinajstić information content (AvgIpc) is 2.51. The van der Waals surface area contributed by atoms with Crippen LogP contribution in [0.3, 0.4) is 0 Å². The molecule has 1 saturated heterocycles. The van der Waals surface area contributed by atoms with E-state index in [9.17, 15) is 9.90 Å². The first-order valence-electron chi connectivity index (χ1n) is 4.53. The third kappa shape index (κ3) is 4.51. The van der Waals surface area contributed by atoms with Crippen molar-refractivity contribution in [3.8, 4) is 0 Å². The maximum atomic E-state index is 12.1. The number of amides is 1. The zero-order chi connectivity index (χ0) is 16.1. The van der Waals surface area contributed by atoms with E-state index in [1.807, 2.05) is 0 Å². The van der Waals surface area contributed by atoms with Crippen LogP contribution in [0.25, 0.3) is 0 Å². The van der Waals surface area contributed by atoms with Crippen LogP contribution in [0.15, 0.2) is 0 Å². The molecule has 1 N–H and O–H groups in total. The third-order valence-electron chi connectivity index (χ3n) is 2.13. The summed E-state index contributed by atoms with van der Waals surface area (Å²) in [5, 5.41) is 9.90. The van der Waals surface area contributed by atoms with Crippen molar-refractivity contribution in [1.82, 2.24) is 4.90 Å². The van der Waals surface area contributed by atoms with E-state index in [0.29, 0.717) is 4.90 Å². The molecular formula is C7H4Cl9NO3. The Labute approximate surface area is 158 Å². The van der Waals surface area contributed by atoms with E-state index in [0.717, 1.165) is 0 Å². The minimum absolute atomic E-state index is 0.493. The molecule has 118 valence electrons. The number of carbonyl (C=O) groups excluding carboxylic acids is 1. The molecule has 0 saturated carbocycles. The van der Waals surface area contributed by atoms with Gasteiger partial charge in [-0.05, 0) is 0 Å². The molecule has 1 amide bonds. The summed E-state index contributed by atoms with van der Waals surface area (Å²) in [5.41, 5.74) is 0. The minimum atomic E-state index is -2.30. The lowest BCUT2D eigenvalue weighted by atomic mass is 10.3. The number of rotatable bonds is 1. The lowest BCUT2D eigenvalue weighted by Crippen LogP contribution is -2.53. The van der Waals surface area contributed by atoms with Crippen LogP contribution in [0.4, 0.5) is 0 Å². The second-order valence-electron chi connectivity index (χ2n) is 3.61. The number of halogens is 9. The lowest BCUT2D eigenvalue weighted by Gasteiger charge is -2.34. The van der Waals surface area contributed by atoms with Crippen molar-refractivity contribution in [2.24, 2.45) is 0 Å². The number of hydrogen-bond donors (Lipinski definition) is 1. The van der Waals surface area contributed by atoms with Gasteiger partial charge in [0.2, 0.25) is 11.4 Å². The van der Waals surface area contributed by atoms with E-state index >= 15 is 0 Å². The lowest BCUT2D eigenvalue weighted by molar-refractivity contribution is -0.140. The Morgan fingerprint density at radius 3 is 1.75 bits per heavy atom. The molecule has 1 rings (SSSR count). The molecule has 1 aliphatic rings. The van der Waals surface area contributed by atoms with Crippen LogP contribution in [0.1, 0.15) is 0 Å². The molecule has 3 atom stereocenters. The molecule has 1 heterocycles. The van der Waals surface area contributed by atoms with Crippen LogP contribution < -0.4 is 0 Å². The topological polar surface area (TPSA) is 49.8 Å². The van der Waals surface area contributed by atoms with Crippen LogP contribution in [-0.2, 0) is 9.53 Å². The molecule has 0 unspecified atom stereocenters. The Morgan fingerprint density at radius 1 is 1.00 bits per heavy atom. The van der Waals surface area contributed by atoms with Gasteiger partial charge in [0, 0.05) is 0 Å². The van der Waals surface area contributed by atoms with Crippen molar-refractivity contribution in [3.05, 3.63) is 0 Å². The summed E-state index contributed by atoms with van der Waals surface area (Å²) >= 11 is 50.2. The first kappa shape index (κ1) is 20.0. The first-order valence-corrected chi connectivity index (χ1v) is 7.93. The normalized spacial score (nSPS) is 27.1. The van der Waals surface area contributed by atoms with Crippen LogP contribution in [-0.4, -0.2) is 45.9 Å². The Bertz CT molecular complexity index is 386. The highest BCUT2D eigenvalue weighted by molar-refractivity contribution is 6.70. The maximum absolute atomic E-state index is 12.1. The number of aliphatic hydroxyl groups is 1. The number of aliphatic hydroxyl groups excluding tert-OH is 1. The Hall–Kier alpha value is 2.00. The van der Waals surface area contributed by atoms with Gasteiger partial charge in [0.1, 0.15) is 0 Å². The van der Waals surface area contributed by atoms with E-state index in [-0.39, 0.29) is 0 Å². The van der Waals surface area contributed by atoms with E-state index in [1.165, 1.54) is 0 Å². The van der Waals surface area contributed by atoms with Gasteiger partial charge in [0.05, 0.1) is 0 Å². The molecule has 1 aliphatic heterocycles. The number of hydrogen-bond acceptors (Lipinski definition) is 3. The fourth-order valence-electron chi connectivity index (χ4n) is 1.36. The molecule has 0 aromatic carbocycles. The second-order valence-corrected chi connectivity index (χ2v) is 10.7. The van der Waals surface area contributed by atoms with Gasteiger partial charge in [-0.2, -0.15) is 0 Å². The summed E-state index contributed by atoms with van der Waals surface area (Å²) in [6.45, 7) is 0. The highest BCUT2D eigenvalue weighted by Crippen LogP contribution is 2.47. The van der Waals surface area contributed by atoms with Crippen LogP contribution in [0, 0.1) is 0 Å². The van der Waals surface area contributed by atoms with Gasteiger partial charge in [0.25, 0.3) is 5.91 Å². The molecule has 0 spiro atoms. The highest BCUT2D eigenvalue weighted by Gasteiger charge is 2.60. The van der Waals surface area contributed by atoms with Crippen molar-refractivity contribution < 1.29 is 14.6 Å². The second kappa shape index (κ2) is 6.48. The first-order chi connectivity index (χ1) is 8.67. The largest absolute Gasteiger partial charge is 0.369 e. The molecule has 20 heavy (non-hydrogen) atoms. The molecule has 13 heteroatoms. The summed E-state index contributed by atoms with van der Waals surface area (Å²) in [4.78, 5) is 12.6. The van der Waals surface area contributed by atoms with Crippen LogP contribution >= 0.6 is 104 Å². The van der Waals surface area contributed by atoms with Gasteiger partial charge in [0.15, 0.2) is 18.6 Å². The van der Waals surface area contributed by atoms with Crippen LogP contribution in [0.2, 0.25) is 0 Å². The smallest absolute Gasteiger partial charge is 0.260 e. The maximum Gasteiger partial charge on any atom is 0.260 e. The van der Waals surface area contributed by atoms with E-state index in [1.54, 1.807) is 0 Å². The summed E-state index contributed by atoms with van der Waals surface area (Å²) in [6.07, 6.45) is -5.25. The molecule has 0 aromatic rings. The molecular weight excluding hydrogens is 465 g/mol. The fourth-order valence-corrected chi connectivity index (χ4v) is 2.58. The van der Waals surface area contributed by atoms with Gasteiger partial charge in [-0.1, -0.05) is 104 Å². The molecule has 1 fully saturated rings. The van der Waals surface area contributed by atoms with Crippen molar-refractivity contribution in [1.29, 1.82) is 0 Å². The molecule has 0 aliphatic carbocycles. The van der Waals surface area contributed by atoms with Crippen molar-refractivity contribution in [3.63, 3.8) is 0 Å². The van der Waals surface area contributed by atoms with Gasteiger partial charge in [-0.3, -0.25) is 9.69 Å². The number of nitrogens with zero attached hydrogens (tertiary/aromatic N) is 1. The van der Waals surface area contributed by atoms with Gasteiger partial charge in [-0.25, -0.2) is 0 Å². The Kier molecular flexibility index (Phi) is 6.50. The molecule has 0 aromatic heterocycles. The molecule has 0 bridgehead atoms. The van der Waals surface area contributed by atoms with Crippen molar-refractivity contribution >= 4 is 110 Å². The fraction of sp³-hybridized carbons (Fsp3) is 0.857. The molecule has 0 radical (unpaired) electrons. The van der Waals surface area contributed by atoms with Gasteiger partial charge < -0.3 is 9.84 Å². The summed E-state index contributed by atoms with van der Waals surface area (Å²) in [6, 6.07) is 0. The van der Waals surface area contributed by atoms with Crippen molar-refractivity contribution in [2.75, 3.05) is 0 Å². The standard InChI is InChI=1S/C7H4Cl9NO3/c8-5(9,10)1-2(18)17(3(19)6(11,12)13)4(20-1)7(14,15)16/h1,3-4,19H/t1-,3+,4-/m0/s1. The zero-order valence-corrected chi connectivity index (χ0v) is 15.6. The summed E-state index contributed by atoms with van der Waals surface area (Å²) < 4.78 is -1.57. The Morgan fingerprint density at radius 2 is 1.45 bits per heavy atom. The summed E-state index contributed by atoms with van der Waals surface area (Å²) in [5.74, 6) is -1.01. The predicted molar refractivity (Wildman–Crippen MR) is 82.4 cm³/mol. The zero-order valence-electron chi connectivity index (χ0n) is 8.84. The van der Waals surface area contributed by atoms with E-state index in [4.69, 9.17) is 109 Å². The number of alkyl halides is 9. The number of carbonyl (C=O) groups is 1. The summed E-state index contributed by atoms with van der Waals surface area (Å²) in [7, 11) is 0. The van der Waals surface area contributed by atoms with E-state index in [2.05, 4.69) is 0 Å². The highest BCUT2D eigenvalue weighted by atomic mass is 35.6. The monoisotopic (exact) mass is 465 g/mol. The number of ether oxygens (including phenoxy) is 1. The Balaban J connectivity index is 3.20. The van der Waals surface area contributed by atoms with Gasteiger partial charge >= 0.3 is 0 Å². The minimum Gasteiger partial charge on any atom is -0.369 e. The van der Waals surface area contributed by atoms with Crippen LogP contribution in [0.5, 0.6) is 0 Å². The predicted octanol–water partition coefficient (Wildman–Crippen LogP) is 3.97. The van der Waals surface area contributed by atoms with E-state index < -0.39 is 35.8 Å². The molecule has 4 nitrogen and oxygen atoms in total. The third-order valence-corrected chi connectivity index (χ3v) is 3.87. The average molecular weight is 469 g/mol. The SMILES string of the molecule is O=C1[C@@H](C(Cl)(Cl)Cl)O[C@@H](C(Cl)(Cl)Cl)N1[C@H](O)C(Cl)(Cl)Cl. The quantitative estimate of drug-likeness (QED) is 0.592.